The normalized spacial score (nSPS) is 15.0. The quantitative estimate of drug-likeness (QED) is 0.811. The number of alkyl halides is 2. The Balaban J connectivity index is 3.10. The van der Waals surface area contributed by atoms with Crippen LogP contribution in [0.15, 0.2) is 18.2 Å². The number of carbonyl (C=O) groups excluding carboxylic acids is 1. The van der Waals surface area contributed by atoms with Crippen LogP contribution >= 0.6 is 0 Å². The van der Waals surface area contributed by atoms with Crippen LogP contribution in [-0.2, 0) is 10.7 Å². The van der Waals surface area contributed by atoms with Gasteiger partial charge in [-0.1, -0.05) is 26.0 Å². The van der Waals surface area contributed by atoms with Crippen molar-refractivity contribution in [3.8, 4) is 0 Å². The second-order valence-corrected chi connectivity index (χ2v) is 7.39. The molecular formula is C18H26F3NO3. The van der Waals surface area contributed by atoms with Gasteiger partial charge in [0.2, 0.25) is 0 Å². The Morgan fingerprint density at radius 1 is 1.20 bits per heavy atom. The highest BCUT2D eigenvalue weighted by Gasteiger charge is 2.44. The molecule has 142 valence electrons. The number of carbonyl (C=O) groups is 1. The van der Waals surface area contributed by atoms with Gasteiger partial charge in [0.1, 0.15) is 17.5 Å². The molecule has 0 radical (unpaired) electrons. The Bertz CT molecular complexity index is 612. The van der Waals surface area contributed by atoms with Gasteiger partial charge in [-0.15, -0.1) is 0 Å². The summed E-state index contributed by atoms with van der Waals surface area (Å²) in [4.78, 5) is 11.8. The van der Waals surface area contributed by atoms with E-state index in [0.29, 0.717) is 0 Å². The second kappa shape index (κ2) is 7.64. The molecular weight excluding hydrogens is 335 g/mol. The maximum Gasteiger partial charge on any atom is 0.408 e. The third kappa shape index (κ3) is 5.36. The zero-order valence-electron chi connectivity index (χ0n) is 15.4. The number of aliphatic hydroxyl groups is 1. The van der Waals surface area contributed by atoms with Gasteiger partial charge in [0.05, 0.1) is 11.6 Å². The van der Waals surface area contributed by atoms with Gasteiger partial charge in [-0.2, -0.15) is 8.78 Å². The number of nitrogens with one attached hydrogen (secondary N) is 1. The van der Waals surface area contributed by atoms with Gasteiger partial charge in [-0.3, -0.25) is 0 Å². The molecule has 0 saturated heterocycles. The lowest BCUT2D eigenvalue weighted by Gasteiger charge is -2.27. The van der Waals surface area contributed by atoms with Gasteiger partial charge in [0.25, 0.3) is 0 Å². The lowest BCUT2D eigenvalue weighted by Crippen LogP contribution is -2.37. The third-order valence-electron chi connectivity index (χ3n) is 3.59. The maximum atomic E-state index is 14.6. The highest BCUT2D eigenvalue weighted by Crippen LogP contribution is 2.38. The fourth-order valence-corrected chi connectivity index (χ4v) is 2.28. The van der Waals surface area contributed by atoms with Crippen molar-refractivity contribution in [2.75, 3.05) is 0 Å². The van der Waals surface area contributed by atoms with E-state index in [0.717, 1.165) is 6.07 Å². The summed E-state index contributed by atoms with van der Waals surface area (Å²) >= 11 is 0. The Morgan fingerprint density at radius 2 is 1.76 bits per heavy atom. The first-order chi connectivity index (χ1) is 11.3. The molecule has 1 rings (SSSR count). The molecule has 0 spiro atoms. The van der Waals surface area contributed by atoms with E-state index >= 15 is 0 Å². The average molecular weight is 361 g/mol. The van der Waals surface area contributed by atoms with Crippen LogP contribution in [0.2, 0.25) is 0 Å². The molecule has 0 aliphatic rings. The number of alkyl carbamates (subject to hydrolysis) is 1. The largest absolute Gasteiger partial charge is 0.444 e. The molecule has 4 nitrogen and oxygen atoms in total. The molecule has 1 aromatic carbocycles. The first-order valence-electron chi connectivity index (χ1n) is 8.11. The van der Waals surface area contributed by atoms with Crippen LogP contribution in [-0.4, -0.2) is 22.9 Å². The van der Waals surface area contributed by atoms with E-state index in [4.69, 9.17) is 4.74 Å². The predicted molar refractivity (Wildman–Crippen MR) is 88.9 cm³/mol. The van der Waals surface area contributed by atoms with Crippen LogP contribution in [0.4, 0.5) is 18.0 Å². The Morgan fingerprint density at radius 3 is 2.24 bits per heavy atom. The van der Waals surface area contributed by atoms with Crippen LogP contribution < -0.4 is 5.32 Å². The topological polar surface area (TPSA) is 58.6 Å². The molecule has 2 unspecified atom stereocenters. The summed E-state index contributed by atoms with van der Waals surface area (Å²) in [6.45, 7) is 9.33. The minimum atomic E-state index is -3.75. The van der Waals surface area contributed by atoms with Gasteiger partial charge in [-0.25, -0.2) is 9.18 Å². The standard InChI is InChI=1S/C18H26F3NO3/c1-10(2)15(23)18(20,21)13-9-7-8-12(14(13)19)11(3)22-16(24)25-17(4,5)6/h7-11,15,23H,1-6H3,(H,22,24). The van der Waals surface area contributed by atoms with Gasteiger partial charge in [0, 0.05) is 5.56 Å². The minimum absolute atomic E-state index is 0.112. The Kier molecular flexibility index (Phi) is 6.50. The second-order valence-electron chi connectivity index (χ2n) is 7.39. The number of ether oxygens (including phenoxy) is 1. The zero-order chi connectivity index (χ0) is 19.6. The summed E-state index contributed by atoms with van der Waals surface area (Å²) < 4.78 is 48.5. The van der Waals surface area contributed by atoms with E-state index in [1.807, 2.05) is 0 Å². The van der Waals surface area contributed by atoms with E-state index < -0.39 is 47.1 Å². The number of rotatable bonds is 5. The van der Waals surface area contributed by atoms with Crippen LogP contribution in [0.1, 0.15) is 58.7 Å². The summed E-state index contributed by atoms with van der Waals surface area (Å²) in [6.07, 6.45) is -2.80. The van der Waals surface area contributed by atoms with Crippen molar-refractivity contribution in [1.82, 2.24) is 5.32 Å². The Hall–Kier alpha value is -1.76. The monoisotopic (exact) mass is 361 g/mol. The van der Waals surface area contributed by atoms with Crippen molar-refractivity contribution in [3.63, 3.8) is 0 Å². The summed E-state index contributed by atoms with van der Waals surface area (Å²) in [5.74, 6) is -5.66. The summed E-state index contributed by atoms with van der Waals surface area (Å²) in [7, 11) is 0. The molecule has 1 aromatic rings. The molecule has 2 atom stereocenters. The van der Waals surface area contributed by atoms with E-state index in [-0.39, 0.29) is 5.56 Å². The maximum absolute atomic E-state index is 14.6. The van der Waals surface area contributed by atoms with Crippen molar-refractivity contribution < 1.29 is 27.8 Å². The zero-order valence-corrected chi connectivity index (χ0v) is 15.4. The van der Waals surface area contributed by atoms with E-state index in [1.165, 1.54) is 32.9 Å². The molecule has 0 saturated carbocycles. The molecule has 0 aliphatic carbocycles. The van der Waals surface area contributed by atoms with Crippen molar-refractivity contribution in [2.45, 2.75) is 65.2 Å². The SMILES string of the molecule is CC(NC(=O)OC(C)(C)C)c1cccc(C(F)(F)C(O)C(C)C)c1F. The average Bonchev–Trinajstić information content (AvgIpc) is 2.43. The van der Waals surface area contributed by atoms with Crippen molar-refractivity contribution in [2.24, 2.45) is 5.92 Å². The molecule has 7 heteroatoms. The summed E-state index contributed by atoms with van der Waals surface area (Å²) in [5.41, 5.74) is -1.75. The van der Waals surface area contributed by atoms with E-state index in [1.54, 1.807) is 20.8 Å². The molecule has 0 aromatic heterocycles. The number of aliphatic hydroxyl groups excluding tert-OH is 1. The molecule has 0 aliphatic heterocycles. The molecule has 0 fully saturated rings. The van der Waals surface area contributed by atoms with Gasteiger partial charge >= 0.3 is 12.0 Å². The number of halogens is 3. The Labute approximate surface area is 146 Å². The smallest absolute Gasteiger partial charge is 0.408 e. The number of hydrogen-bond donors (Lipinski definition) is 2. The fourth-order valence-electron chi connectivity index (χ4n) is 2.28. The van der Waals surface area contributed by atoms with E-state index in [9.17, 15) is 23.1 Å². The lowest BCUT2D eigenvalue weighted by molar-refractivity contribution is -0.134. The first-order valence-corrected chi connectivity index (χ1v) is 8.11. The summed E-state index contributed by atoms with van der Waals surface area (Å²) in [5, 5.41) is 12.1. The van der Waals surface area contributed by atoms with E-state index in [2.05, 4.69) is 5.32 Å². The molecule has 0 heterocycles. The van der Waals surface area contributed by atoms with Crippen LogP contribution in [0.5, 0.6) is 0 Å². The van der Waals surface area contributed by atoms with Crippen LogP contribution in [0.25, 0.3) is 0 Å². The third-order valence-corrected chi connectivity index (χ3v) is 3.59. The highest BCUT2D eigenvalue weighted by molar-refractivity contribution is 5.68. The fraction of sp³-hybridized carbons (Fsp3) is 0.611. The van der Waals surface area contributed by atoms with Crippen LogP contribution in [0.3, 0.4) is 0 Å². The number of benzene rings is 1. The van der Waals surface area contributed by atoms with Crippen molar-refractivity contribution in [1.29, 1.82) is 0 Å². The van der Waals surface area contributed by atoms with Gasteiger partial charge in [0.15, 0.2) is 0 Å². The molecule has 1 amide bonds. The summed E-state index contributed by atoms with van der Waals surface area (Å²) in [6, 6.07) is 2.62. The first kappa shape index (κ1) is 21.3. The highest BCUT2D eigenvalue weighted by atomic mass is 19.3. The molecule has 25 heavy (non-hydrogen) atoms. The predicted octanol–water partition coefficient (Wildman–Crippen LogP) is 4.52. The molecule has 0 bridgehead atoms. The van der Waals surface area contributed by atoms with Crippen molar-refractivity contribution in [3.05, 3.63) is 35.1 Å². The van der Waals surface area contributed by atoms with Gasteiger partial charge in [-0.05, 0) is 39.7 Å². The van der Waals surface area contributed by atoms with Gasteiger partial charge < -0.3 is 15.2 Å². The molecule has 2 N–H and O–H groups in total. The minimum Gasteiger partial charge on any atom is -0.444 e. The van der Waals surface area contributed by atoms with Crippen LogP contribution in [0, 0.1) is 11.7 Å². The lowest BCUT2D eigenvalue weighted by atomic mass is 9.92. The number of hydrogen-bond acceptors (Lipinski definition) is 3. The number of amides is 1. The van der Waals surface area contributed by atoms with Crippen molar-refractivity contribution >= 4 is 6.09 Å².